The predicted molar refractivity (Wildman–Crippen MR) is 129 cm³/mol. The molecule has 0 amide bonds. The lowest BCUT2D eigenvalue weighted by atomic mass is 10.1. The van der Waals surface area contributed by atoms with Crippen molar-refractivity contribution in [2.24, 2.45) is 5.16 Å². The van der Waals surface area contributed by atoms with Crippen molar-refractivity contribution in [3.63, 3.8) is 0 Å². The maximum absolute atomic E-state index is 6.11. The summed E-state index contributed by atoms with van der Waals surface area (Å²) in [6, 6.07) is 23.9. The number of rotatable bonds is 5. The molecule has 0 fully saturated rings. The summed E-state index contributed by atoms with van der Waals surface area (Å²) in [4.78, 5) is 7.81. The van der Waals surface area contributed by atoms with Gasteiger partial charge in [-0.05, 0) is 38.4 Å². The molecule has 5 rings (SSSR count). The third-order valence-corrected chi connectivity index (χ3v) is 5.65. The van der Waals surface area contributed by atoms with Gasteiger partial charge in [0.15, 0.2) is 0 Å². The van der Waals surface area contributed by atoms with Gasteiger partial charge in [0.1, 0.15) is 23.0 Å². The number of halogens is 1. The molecule has 4 aromatic carbocycles. The molecular weight excluding hydrogens is 422 g/mol. The highest BCUT2D eigenvalue weighted by atomic mass is 35.5. The number of likely N-dealkylation sites (N-methyl/N-ethyl adjacent to an activating group) is 1. The molecule has 160 valence electrons. The lowest BCUT2D eigenvalue weighted by Gasteiger charge is -2.07. The minimum atomic E-state index is 0.505. The number of nitrogens with zero attached hydrogens (tertiary/aromatic N) is 5. The van der Waals surface area contributed by atoms with Gasteiger partial charge in [-0.25, -0.2) is 4.68 Å². The van der Waals surface area contributed by atoms with E-state index in [1.165, 1.54) is 0 Å². The Kier molecular flexibility index (Phi) is 5.47. The molecule has 0 saturated carbocycles. The third kappa shape index (κ3) is 3.68. The number of hydrogen-bond acceptors (Lipinski definition) is 5. The van der Waals surface area contributed by atoms with Crippen LogP contribution in [0, 0.1) is 0 Å². The summed E-state index contributed by atoms with van der Waals surface area (Å²) in [6.45, 7) is 1.29. The van der Waals surface area contributed by atoms with E-state index < -0.39 is 0 Å². The standard InChI is InChI=1S/C25H22ClN5O/c1-30(2)15-16-32-28-23-19-7-3-4-8-20(19)24-25(22-10-6-5-9-21(22)23)31(29-27-24)18-13-11-17(26)12-14-18/h3-14H,15-16H2,1-2H3/b28-23-. The van der Waals surface area contributed by atoms with Crippen molar-refractivity contribution in [2.75, 3.05) is 27.2 Å². The van der Waals surface area contributed by atoms with Crippen LogP contribution >= 0.6 is 11.6 Å². The van der Waals surface area contributed by atoms with Gasteiger partial charge in [0.25, 0.3) is 0 Å². The molecule has 1 heterocycles. The molecule has 0 spiro atoms. The van der Waals surface area contributed by atoms with Gasteiger partial charge >= 0.3 is 0 Å². The van der Waals surface area contributed by atoms with E-state index in [9.17, 15) is 0 Å². The lowest BCUT2D eigenvalue weighted by molar-refractivity contribution is 0.117. The first kappa shape index (κ1) is 20.4. The van der Waals surface area contributed by atoms with Gasteiger partial charge in [0.2, 0.25) is 0 Å². The zero-order chi connectivity index (χ0) is 22.1. The molecule has 0 atom stereocenters. The Morgan fingerprint density at radius 2 is 1.50 bits per heavy atom. The van der Waals surface area contributed by atoms with E-state index in [1.54, 1.807) is 0 Å². The van der Waals surface area contributed by atoms with Crippen molar-refractivity contribution >= 4 is 44.2 Å². The highest BCUT2D eigenvalue weighted by Crippen LogP contribution is 2.28. The van der Waals surface area contributed by atoms with Gasteiger partial charge in [0.05, 0.1) is 5.69 Å². The fraction of sp³-hybridized carbons (Fsp3) is 0.160. The topological polar surface area (TPSA) is 55.5 Å². The van der Waals surface area contributed by atoms with E-state index in [0.29, 0.717) is 11.6 Å². The van der Waals surface area contributed by atoms with Gasteiger partial charge in [0, 0.05) is 33.1 Å². The Bertz CT molecular complexity index is 1490. The van der Waals surface area contributed by atoms with Crippen molar-refractivity contribution in [1.29, 1.82) is 0 Å². The van der Waals surface area contributed by atoms with Crippen LogP contribution in [0.5, 0.6) is 0 Å². The molecule has 0 aliphatic rings. The molecule has 5 aromatic rings. The molecule has 0 aliphatic heterocycles. The van der Waals surface area contributed by atoms with Gasteiger partial charge in [-0.3, -0.25) is 0 Å². The highest BCUT2D eigenvalue weighted by Gasteiger charge is 2.15. The van der Waals surface area contributed by atoms with Crippen molar-refractivity contribution < 1.29 is 4.84 Å². The second-order valence-electron chi connectivity index (χ2n) is 7.84. The van der Waals surface area contributed by atoms with Crippen LogP contribution in [0.2, 0.25) is 5.02 Å². The molecule has 32 heavy (non-hydrogen) atoms. The lowest BCUT2D eigenvalue weighted by Crippen LogP contribution is -2.17. The van der Waals surface area contributed by atoms with Crippen molar-refractivity contribution in [1.82, 2.24) is 19.9 Å². The van der Waals surface area contributed by atoms with Gasteiger partial charge < -0.3 is 9.74 Å². The van der Waals surface area contributed by atoms with Crippen molar-refractivity contribution in [3.8, 4) is 5.69 Å². The maximum atomic E-state index is 6.11. The smallest absolute Gasteiger partial charge is 0.129 e. The quantitative estimate of drug-likeness (QED) is 0.290. The first-order valence-electron chi connectivity index (χ1n) is 10.4. The molecule has 0 unspecified atom stereocenters. The molecule has 0 bridgehead atoms. The second-order valence-corrected chi connectivity index (χ2v) is 8.28. The minimum Gasteiger partial charge on any atom is -0.394 e. The van der Waals surface area contributed by atoms with E-state index in [2.05, 4.69) is 44.6 Å². The molecule has 1 aromatic heterocycles. The summed E-state index contributed by atoms with van der Waals surface area (Å²) in [6.07, 6.45) is 0. The van der Waals surface area contributed by atoms with Crippen LogP contribution in [0.3, 0.4) is 0 Å². The summed E-state index contributed by atoms with van der Waals surface area (Å²) in [5.41, 5.74) is 2.61. The normalized spacial score (nSPS) is 12.3. The average Bonchev–Trinajstić information content (AvgIpc) is 3.20. The van der Waals surface area contributed by atoms with Crippen LogP contribution in [-0.2, 0) is 4.84 Å². The Morgan fingerprint density at radius 1 is 0.875 bits per heavy atom. The van der Waals surface area contributed by atoms with Gasteiger partial charge in [-0.2, -0.15) is 0 Å². The van der Waals surface area contributed by atoms with Crippen LogP contribution in [-0.4, -0.2) is 47.1 Å². The first-order chi connectivity index (χ1) is 15.6. The predicted octanol–water partition coefficient (Wildman–Crippen LogP) is 4.77. The van der Waals surface area contributed by atoms with Crippen molar-refractivity contribution in [2.45, 2.75) is 0 Å². The maximum Gasteiger partial charge on any atom is 0.129 e. The Hall–Kier alpha value is -3.48. The second kappa shape index (κ2) is 8.57. The molecule has 0 N–H and O–H groups in total. The van der Waals surface area contributed by atoms with Gasteiger partial charge in [-0.1, -0.05) is 70.5 Å². The Balaban J connectivity index is 1.89. The number of hydrogen-bond donors (Lipinski definition) is 0. The molecule has 6 nitrogen and oxygen atoms in total. The molecule has 7 heteroatoms. The van der Waals surface area contributed by atoms with Gasteiger partial charge in [-0.15, -0.1) is 5.10 Å². The first-order valence-corrected chi connectivity index (χ1v) is 10.8. The summed E-state index contributed by atoms with van der Waals surface area (Å²) in [5, 5.41) is 19.0. The van der Waals surface area contributed by atoms with Crippen LogP contribution in [0.4, 0.5) is 0 Å². The zero-order valence-corrected chi connectivity index (χ0v) is 18.6. The third-order valence-electron chi connectivity index (χ3n) is 5.40. The molecule has 0 saturated heterocycles. The Labute approximate surface area is 190 Å². The van der Waals surface area contributed by atoms with Crippen LogP contribution < -0.4 is 5.36 Å². The summed E-state index contributed by atoms with van der Waals surface area (Å²) < 4.78 is 1.86. The Morgan fingerprint density at radius 3 is 2.19 bits per heavy atom. The SMILES string of the molecule is CN(C)CCO/N=c1/c2ccccc2c2nnn(-c3ccc(Cl)cc3)c2c2ccccc12. The van der Waals surface area contributed by atoms with E-state index in [0.717, 1.165) is 50.2 Å². The van der Waals surface area contributed by atoms with Crippen LogP contribution in [0.25, 0.3) is 38.3 Å². The van der Waals surface area contributed by atoms with E-state index in [-0.39, 0.29) is 0 Å². The molecule has 0 radical (unpaired) electrons. The van der Waals surface area contributed by atoms with E-state index in [1.807, 2.05) is 67.3 Å². The van der Waals surface area contributed by atoms with E-state index in [4.69, 9.17) is 16.4 Å². The number of fused-ring (bicyclic) bond motifs is 5. The minimum absolute atomic E-state index is 0.505. The number of aromatic nitrogens is 3. The van der Waals surface area contributed by atoms with Crippen LogP contribution in [0.15, 0.2) is 78.0 Å². The fourth-order valence-corrected chi connectivity index (χ4v) is 3.96. The summed E-state index contributed by atoms with van der Waals surface area (Å²) in [7, 11) is 4.02. The largest absolute Gasteiger partial charge is 0.394 e. The molecule has 0 aliphatic carbocycles. The molecular formula is C25H22ClN5O. The van der Waals surface area contributed by atoms with Crippen LogP contribution in [0.1, 0.15) is 0 Å². The average molecular weight is 444 g/mol. The monoisotopic (exact) mass is 443 g/mol. The fourth-order valence-electron chi connectivity index (χ4n) is 3.84. The summed E-state index contributed by atoms with van der Waals surface area (Å²) >= 11 is 6.11. The zero-order valence-electron chi connectivity index (χ0n) is 17.9. The highest BCUT2D eigenvalue weighted by molar-refractivity contribution is 6.30. The summed E-state index contributed by atoms with van der Waals surface area (Å²) in [5.74, 6) is 0. The van der Waals surface area contributed by atoms with Crippen molar-refractivity contribution in [3.05, 3.63) is 83.2 Å². The van der Waals surface area contributed by atoms with E-state index >= 15 is 0 Å². The number of benzene rings is 3.